The molecule has 0 aliphatic rings. The van der Waals surface area contributed by atoms with Gasteiger partial charge in [-0.15, -0.1) is 0 Å². The summed E-state index contributed by atoms with van der Waals surface area (Å²) in [5, 5.41) is 9.09. The maximum atomic E-state index is 9.09. The van der Waals surface area contributed by atoms with Crippen molar-refractivity contribution in [2.75, 3.05) is 6.61 Å². The van der Waals surface area contributed by atoms with Crippen molar-refractivity contribution in [1.29, 1.82) is 0 Å². The molecule has 0 bridgehead atoms. The third-order valence-corrected chi connectivity index (χ3v) is 2.30. The Hall–Kier alpha value is -0.410. The van der Waals surface area contributed by atoms with Gasteiger partial charge in [0.2, 0.25) is 0 Å². The number of rotatable bonds is 3. The fourth-order valence-electron chi connectivity index (χ4n) is 1.09. The second-order valence-corrected chi connectivity index (χ2v) is 4.76. The van der Waals surface area contributed by atoms with E-state index in [1.54, 1.807) is 0 Å². The van der Waals surface area contributed by atoms with Crippen molar-refractivity contribution < 1.29 is 5.11 Å². The number of aliphatic hydroxyl groups excluding tert-OH is 1. The first kappa shape index (κ1) is 10.7. The van der Waals surface area contributed by atoms with Gasteiger partial charge in [0.1, 0.15) is 4.60 Å². The summed E-state index contributed by atoms with van der Waals surface area (Å²) < 4.78 is 0.846. The van der Waals surface area contributed by atoms with Crippen molar-refractivity contribution >= 4 is 15.9 Å². The molecule has 1 aromatic rings. The van der Waals surface area contributed by atoms with Crippen LogP contribution in [0.2, 0.25) is 0 Å². The van der Waals surface area contributed by atoms with Crippen LogP contribution in [0.25, 0.3) is 0 Å². The van der Waals surface area contributed by atoms with E-state index in [1.807, 2.05) is 32.0 Å². The molecule has 0 saturated carbocycles. The lowest BCUT2D eigenvalue weighted by molar-refractivity contribution is 0.158. The highest BCUT2D eigenvalue weighted by Crippen LogP contribution is 2.20. The van der Waals surface area contributed by atoms with Crippen LogP contribution in [0.1, 0.15) is 19.5 Å². The Morgan fingerprint density at radius 3 is 2.69 bits per heavy atom. The number of hydrogen-bond acceptors (Lipinski definition) is 2. The molecule has 13 heavy (non-hydrogen) atoms. The highest BCUT2D eigenvalue weighted by Gasteiger charge is 2.17. The average Bonchev–Trinajstić information content (AvgIpc) is 2.03. The summed E-state index contributed by atoms with van der Waals surface area (Å²) >= 11 is 3.32. The van der Waals surface area contributed by atoms with Crippen molar-refractivity contribution in [2.45, 2.75) is 20.3 Å². The topological polar surface area (TPSA) is 33.1 Å². The first-order valence-corrected chi connectivity index (χ1v) is 5.05. The van der Waals surface area contributed by atoms with Gasteiger partial charge in [-0.25, -0.2) is 4.98 Å². The van der Waals surface area contributed by atoms with Gasteiger partial charge in [0.05, 0.1) is 0 Å². The predicted octanol–water partition coefficient (Wildman–Crippen LogP) is 2.41. The molecule has 0 amide bonds. The maximum Gasteiger partial charge on any atom is 0.106 e. The predicted molar refractivity (Wildman–Crippen MR) is 56.5 cm³/mol. The monoisotopic (exact) mass is 243 g/mol. The minimum Gasteiger partial charge on any atom is -0.396 e. The van der Waals surface area contributed by atoms with Crippen LogP contribution >= 0.6 is 15.9 Å². The molecule has 0 spiro atoms. The molecule has 0 aliphatic heterocycles. The normalized spacial score (nSPS) is 11.7. The molecule has 0 atom stereocenters. The van der Waals surface area contributed by atoms with Gasteiger partial charge >= 0.3 is 0 Å². The standard InChI is InChI=1S/C10H14BrNO/c1-10(2,7-13)6-8-4-3-5-9(11)12-8/h3-5,13H,6-7H2,1-2H3. The fourth-order valence-corrected chi connectivity index (χ4v) is 1.48. The molecule has 0 saturated heterocycles. The highest BCUT2D eigenvalue weighted by atomic mass is 79.9. The largest absolute Gasteiger partial charge is 0.396 e. The molecule has 0 fully saturated rings. The van der Waals surface area contributed by atoms with E-state index in [4.69, 9.17) is 5.11 Å². The van der Waals surface area contributed by atoms with Crippen molar-refractivity contribution in [3.05, 3.63) is 28.5 Å². The lowest BCUT2D eigenvalue weighted by Gasteiger charge is -2.20. The molecule has 0 aromatic carbocycles. The van der Waals surface area contributed by atoms with Crippen LogP contribution in [0, 0.1) is 5.41 Å². The number of nitrogens with zero attached hydrogens (tertiary/aromatic N) is 1. The number of aromatic nitrogens is 1. The summed E-state index contributed by atoms with van der Waals surface area (Å²) in [5.74, 6) is 0. The SMILES string of the molecule is CC(C)(CO)Cc1cccc(Br)n1. The van der Waals surface area contributed by atoms with E-state index in [0.29, 0.717) is 0 Å². The number of halogens is 1. The third-order valence-electron chi connectivity index (χ3n) is 1.86. The summed E-state index contributed by atoms with van der Waals surface area (Å²) in [6.07, 6.45) is 0.795. The molecule has 72 valence electrons. The van der Waals surface area contributed by atoms with Crippen LogP contribution in [-0.4, -0.2) is 16.7 Å². The Balaban J connectivity index is 2.74. The summed E-state index contributed by atoms with van der Waals surface area (Å²) in [6, 6.07) is 5.83. The summed E-state index contributed by atoms with van der Waals surface area (Å²) in [5.41, 5.74) is 0.918. The lowest BCUT2D eigenvalue weighted by atomic mass is 9.89. The smallest absolute Gasteiger partial charge is 0.106 e. The maximum absolute atomic E-state index is 9.09. The van der Waals surface area contributed by atoms with Crippen LogP contribution < -0.4 is 0 Å². The van der Waals surface area contributed by atoms with Crippen molar-refractivity contribution in [1.82, 2.24) is 4.98 Å². The molecule has 1 heterocycles. The molecule has 2 nitrogen and oxygen atoms in total. The van der Waals surface area contributed by atoms with Gasteiger partial charge in [-0.2, -0.15) is 0 Å². The number of aliphatic hydroxyl groups is 1. The third kappa shape index (κ3) is 3.44. The number of hydrogen-bond donors (Lipinski definition) is 1. The minimum absolute atomic E-state index is 0.0895. The zero-order valence-corrected chi connectivity index (χ0v) is 9.50. The van der Waals surface area contributed by atoms with E-state index in [2.05, 4.69) is 20.9 Å². The lowest BCUT2D eigenvalue weighted by Crippen LogP contribution is -2.20. The van der Waals surface area contributed by atoms with Crippen molar-refractivity contribution in [2.24, 2.45) is 5.41 Å². The van der Waals surface area contributed by atoms with Gasteiger partial charge in [-0.3, -0.25) is 0 Å². The van der Waals surface area contributed by atoms with E-state index in [1.165, 1.54) is 0 Å². The Labute approximate surface area is 87.1 Å². The fraction of sp³-hybridized carbons (Fsp3) is 0.500. The molecule has 0 radical (unpaired) electrons. The van der Waals surface area contributed by atoms with E-state index in [0.717, 1.165) is 16.7 Å². The summed E-state index contributed by atoms with van der Waals surface area (Å²) in [6.45, 7) is 4.23. The average molecular weight is 244 g/mol. The number of pyridine rings is 1. The van der Waals surface area contributed by atoms with Gasteiger partial charge in [0.15, 0.2) is 0 Å². The van der Waals surface area contributed by atoms with Gasteiger partial charge in [-0.05, 0) is 39.9 Å². The van der Waals surface area contributed by atoms with Crippen LogP contribution in [0.15, 0.2) is 22.8 Å². The van der Waals surface area contributed by atoms with Crippen LogP contribution in [0.4, 0.5) is 0 Å². The van der Waals surface area contributed by atoms with E-state index in [-0.39, 0.29) is 12.0 Å². The first-order valence-electron chi connectivity index (χ1n) is 4.26. The molecule has 0 unspecified atom stereocenters. The molecular formula is C10H14BrNO. The first-order chi connectivity index (χ1) is 6.03. The summed E-state index contributed by atoms with van der Waals surface area (Å²) in [4.78, 5) is 4.31. The van der Waals surface area contributed by atoms with Crippen LogP contribution in [0.3, 0.4) is 0 Å². The van der Waals surface area contributed by atoms with E-state index < -0.39 is 0 Å². The van der Waals surface area contributed by atoms with E-state index >= 15 is 0 Å². The molecule has 0 aliphatic carbocycles. The van der Waals surface area contributed by atoms with Crippen LogP contribution in [0.5, 0.6) is 0 Å². The molecule has 3 heteroatoms. The van der Waals surface area contributed by atoms with Crippen LogP contribution in [-0.2, 0) is 6.42 Å². The summed E-state index contributed by atoms with van der Waals surface area (Å²) in [7, 11) is 0. The molecule has 1 N–H and O–H groups in total. The zero-order chi connectivity index (χ0) is 9.90. The molecular weight excluding hydrogens is 230 g/mol. The Bertz CT molecular complexity index is 286. The Kier molecular flexibility index (Phi) is 3.45. The quantitative estimate of drug-likeness (QED) is 0.828. The Morgan fingerprint density at radius 1 is 1.46 bits per heavy atom. The minimum atomic E-state index is -0.0895. The van der Waals surface area contributed by atoms with Gasteiger partial charge in [0, 0.05) is 12.3 Å². The molecule has 1 aromatic heterocycles. The van der Waals surface area contributed by atoms with Crippen molar-refractivity contribution in [3.8, 4) is 0 Å². The second kappa shape index (κ2) is 4.20. The van der Waals surface area contributed by atoms with E-state index in [9.17, 15) is 0 Å². The Morgan fingerprint density at radius 2 is 2.15 bits per heavy atom. The van der Waals surface area contributed by atoms with Gasteiger partial charge in [-0.1, -0.05) is 19.9 Å². The zero-order valence-electron chi connectivity index (χ0n) is 7.92. The van der Waals surface area contributed by atoms with Crippen molar-refractivity contribution in [3.63, 3.8) is 0 Å². The molecule has 1 rings (SSSR count). The second-order valence-electron chi connectivity index (χ2n) is 3.95. The van der Waals surface area contributed by atoms with Gasteiger partial charge in [0.25, 0.3) is 0 Å². The van der Waals surface area contributed by atoms with Gasteiger partial charge < -0.3 is 5.11 Å². The highest BCUT2D eigenvalue weighted by molar-refractivity contribution is 9.10.